The summed E-state index contributed by atoms with van der Waals surface area (Å²) in [5.41, 5.74) is 4.17. The van der Waals surface area contributed by atoms with Crippen molar-refractivity contribution < 1.29 is 14.3 Å². The lowest BCUT2D eigenvalue weighted by Gasteiger charge is -2.13. The molecule has 0 fully saturated rings. The Balaban J connectivity index is 1.75. The monoisotopic (exact) mass is 392 g/mol. The van der Waals surface area contributed by atoms with Crippen LogP contribution in [-0.4, -0.2) is 30.1 Å². The maximum absolute atomic E-state index is 12.6. The number of carbonyl (C=O) groups is 1. The smallest absolute Gasteiger partial charge is 0.258 e. The zero-order valence-electron chi connectivity index (χ0n) is 16.9. The molecule has 1 heterocycles. The van der Waals surface area contributed by atoms with Crippen molar-refractivity contribution in [3.8, 4) is 11.5 Å². The van der Waals surface area contributed by atoms with Crippen LogP contribution >= 0.6 is 0 Å². The summed E-state index contributed by atoms with van der Waals surface area (Å²) in [6, 6.07) is 11.3. The standard InChI is InChI=1S/C22H24N4O3/c1-5-15-8-6-7-14(2)20(15)26-22-23-12-16(13-24-22)21(27)25-18-10-9-17(28-3)11-19(18)29-4/h6-13H,5H2,1-4H3,(H,25,27)(H,23,24,26). The fraction of sp³-hybridized carbons (Fsp3) is 0.227. The normalized spacial score (nSPS) is 10.3. The quantitative estimate of drug-likeness (QED) is 0.621. The molecule has 3 rings (SSSR count). The van der Waals surface area contributed by atoms with Crippen molar-refractivity contribution in [3.63, 3.8) is 0 Å². The van der Waals surface area contributed by atoms with Crippen molar-refractivity contribution in [2.24, 2.45) is 0 Å². The Labute approximate surface area is 170 Å². The van der Waals surface area contributed by atoms with E-state index in [4.69, 9.17) is 9.47 Å². The Morgan fingerprint density at radius 3 is 2.48 bits per heavy atom. The van der Waals surface area contributed by atoms with Crippen LogP contribution in [-0.2, 0) is 6.42 Å². The van der Waals surface area contributed by atoms with Gasteiger partial charge in [0.1, 0.15) is 11.5 Å². The molecular formula is C22H24N4O3. The van der Waals surface area contributed by atoms with Gasteiger partial charge >= 0.3 is 0 Å². The first kappa shape index (κ1) is 20.1. The summed E-state index contributed by atoms with van der Waals surface area (Å²) in [5.74, 6) is 1.25. The maximum atomic E-state index is 12.6. The molecule has 29 heavy (non-hydrogen) atoms. The van der Waals surface area contributed by atoms with Crippen molar-refractivity contribution in [2.75, 3.05) is 24.9 Å². The van der Waals surface area contributed by atoms with E-state index >= 15 is 0 Å². The number of rotatable bonds is 7. The number of benzene rings is 2. The maximum Gasteiger partial charge on any atom is 0.258 e. The molecular weight excluding hydrogens is 368 g/mol. The molecule has 1 amide bonds. The van der Waals surface area contributed by atoms with Gasteiger partial charge in [-0.25, -0.2) is 9.97 Å². The Bertz CT molecular complexity index is 1000. The van der Waals surface area contributed by atoms with Gasteiger partial charge < -0.3 is 20.1 Å². The van der Waals surface area contributed by atoms with E-state index in [1.165, 1.54) is 25.1 Å². The molecule has 0 radical (unpaired) electrons. The highest BCUT2D eigenvalue weighted by atomic mass is 16.5. The third-order valence-corrected chi connectivity index (χ3v) is 4.55. The van der Waals surface area contributed by atoms with Crippen molar-refractivity contribution >= 4 is 23.2 Å². The highest BCUT2D eigenvalue weighted by Gasteiger charge is 2.13. The van der Waals surface area contributed by atoms with Gasteiger partial charge in [0.2, 0.25) is 5.95 Å². The average Bonchev–Trinajstić information content (AvgIpc) is 2.75. The van der Waals surface area contributed by atoms with Crippen LogP contribution in [0.1, 0.15) is 28.4 Å². The van der Waals surface area contributed by atoms with Gasteiger partial charge in [-0.05, 0) is 36.6 Å². The minimum absolute atomic E-state index is 0.329. The van der Waals surface area contributed by atoms with Gasteiger partial charge in [0.25, 0.3) is 5.91 Å². The fourth-order valence-corrected chi connectivity index (χ4v) is 2.92. The minimum Gasteiger partial charge on any atom is -0.497 e. The zero-order chi connectivity index (χ0) is 20.8. The van der Waals surface area contributed by atoms with Crippen LogP contribution in [0.5, 0.6) is 11.5 Å². The molecule has 0 spiro atoms. The molecule has 2 N–H and O–H groups in total. The van der Waals surface area contributed by atoms with Crippen LogP contribution in [0.15, 0.2) is 48.8 Å². The number of hydrogen-bond acceptors (Lipinski definition) is 6. The number of ether oxygens (including phenoxy) is 2. The molecule has 1 aromatic heterocycles. The predicted octanol–water partition coefficient (Wildman–Crippen LogP) is 4.36. The zero-order valence-corrected chi connectivity index (χ0v) is 16.9. The number of carbonyl (C=O) groups excluding carboxylic acids is 1. The van der Waals surface area contributed by atoms with Gasteiger partial charge in [0, 0.05) is 24.1 Å². The van der Waals surface area contributed by atoms with Crippen LogP contribution in [0, 0.1) is 6.92 Å². The largest absolute Gasteiger partial charge is 0.497 e. The van der Waals surface area contributed by atoms with Crippen molar-refractivity contribution in [2.45, 2.75) is 20.3 Å². The summed E-state index contributed by atoms with van der Waals surface area (Å²) < 4.78 is 10.5. The predicted molar refractivity (Wildman–Crippen MR) is 113 cm³/mol. The summed E-state index contributed by atoms with van der Waals surface area (Å²) >= 11 is 0. The summed E-state index contributed by atoms with van der Waals surface area (Å²) in [6.45, 7) is 4.13. The number of nitrogens with one attached hydrogen (secondary N) is 2. The Kier molecular flexibility index (Phi) is 6.29. The van der Waals surface area contributed by atoms with E-state index in [-0.39, 0.29) is 5.91 Å². The summed E-state index contributed by atoms with van der Waals surface area (Å²) in [4.78, 5) is 21.1. The second kappa shape index (κ2) is 9.05. The van der Waals surface area contributed by atoms with Gasteiger partial charge in [0.05, 0.1) is 25.5 Å². The Morgan fingerprint density at radius 2 is 1.83 bits per heavy atom. The molecule has 0 saturated carbocycles. The van der Waals surface area contributed by atoms with E-state index in [0.29, 0.717) is 28.7 Å². The SMILES string of the molecule is CCc1cccc(C)c1Nc1ncc(C(=O)Nc2ccc(OC)cc2OC)cn1. The molecule has 0 atom stereocenters. The third-order valence-electron chi connectivity index (χ3n) is 4.55. The van der Waals surface area contributed by atoms with Crippen molar-refractivity contribution in [1.82, 2.24) is 9.97 Å². The number of para-hydroxylation sites is 1. The average molecular weight is 392 g/mol. The molecule has 0 bridgehead atoms. The molecule has 3 aromatic rings. The van der Waals surface area contributed by atoms with Crippen molar-refractivity contribution in [3.05, 3.63) is 65.5 Å². The molecule has 0 unspecified atom stereocenters. The summed E-state index contributed by atoms with van der Waals surface area (Å²) in [6.07, 6.45) is 3.88. The van der Waals surface area contributed by atoms with Crippen LogP contribution in [0.3, 0.4) is 0 Å². The molecule has 150 valence electrons. The highest BCUT2D eigenvalue weighted by molar-refractivity contribution is 6.04. The van der Waals surface area contributed by atoms with Gasteiger partial charge in [-0.15, -0.1) is 0 Å². The lowest BCUT2D eigenvalue weighted by molar-refractivity contribution is 0.102. The van der Waals surface area contributed by atoms with Crippen LogP contribution in [0.4, 0.5) is 17.3 Å². The Hall–Kier alpha value is -3.61. The van der Waals surface area contributed by atoms with E-state index < -0.39 is 0 Å². The highest BCUT2D eigenvalue weighted by Crippen LogP contribution is 2.29. The van der Waals surface area contributed by atoms with E-state index in [1.807, 2.05) is 19.1 Å². The molecule has 0 aliphatic carbocycles. The molecule has 2 aromatic carbocycles. The fourth-order valence-electron chi connectivity index (χ4n) is 2.92. The molecule has 7 nitrogen and oxygen atoms in total. The van der Waals surface area contributed by atoms with Crippen LogP contribution in [0.25, 0.3) is 0 Å². The van der Waals surface area contributed by atoms with Gasteiger partial charge in [-0.2, -0.15) is 0 Å². The number of anilines is 3. The minimum atomic E-state index is -0.329. The second-order valence-electron chi connectivity index (χ2n) is 6.40. The third kappa shape index (κ3) is 4.63. The second-order valence-corrected chi connectivity index (χ2v) is 6.40. The van der Waals surface area contributed by atoms with E-state index in [0.717, 1.165) is 17.7 Å². The first-order valence-electron chi connectivity index (χ1n) is 9.26. The first-order valence-corrected chi connectivity index (χ1v) is 9.26. The number of aromatic nitrogens is 2. The van der Waals surface area contributed by atoms with Crippen LogP contribution < -0.4 is 20.1 Å². The number of hydrogen-bond donors (Lipinski definition) is 2. The van der Waals surface area contributed by atoms with Gasteiger partial charge in [-0.3, -0.25) is 4.79 Å². The van der Waals surface area contributed by atoms with E-state index in [9.17, 15) is 4.79 Å². The van der Waals surface area contributed by atoms with Crippen LogP contribution in [0.2, 0.25) is 0 Å². The lowest BCUT2D eigenvalue weighted by atomic mass is 10.1. The summed E-state index contributed by atoms with van der Waals surface area (Å²) in [7, 11) is 3.10. The summed E-state index contributed by atoms with van der Waals surface area (Å²) in [5, 5.41) is 6.06. The van der Waals surface area contributed by atoms with Gasteiger partial charge in [0.15, 0.2) is 0 Å². The number of nitrogens with zero attached hydrogens (tertiary/aromatic N) is 2. The molecule has 0 aliphatic rings. The van der Waals surface area contributed by atoms with Gasteiger partial charge in [-0.1, -0.05) is 25.1 Å². The van der Waals surface area contributed by atoms with Crippen molar-refractivity contribution in [1.29, 1.82) is 0 Å². The number of methoxy groups -OCH3 is 2. The van der Waals surface area contributed by atoms with E-state index in [2.05, 4.69) is 33.6 Å². The lowest BCUT2D eigenvalue weighted by Crippen LogP contribution is -2.14. The van der Waals surface area contributed by atoms with E-state index in [1.54, 1.807) is 25.3 Å². The molecule has 0 saturated heterocycles. The molecule has 0 aliphatic heterocycles. The number of amides is 1. The number of aryl methyl sites for hydroxylation is 2. The molecule has 7 heteroatoms. The first-order chi connectivity index (χ1) is 14.0. The topological polar surface area (TPSA) is 85.4 Å². The Morgan fingerprint density at radius 1 is 1.07 bits per heavy atom.